The van der Waals surface area contributed by atoms with Crippen molar-refractivity contribution in [2.45, 2.75) is 52.6 Å². The summed E-state index contributed by atoms with van der Waals surface area (Å²) < 4.78 is 20.4. The Morgan fingerprint density at radius 1 is 1.26 bits per heavy atom. The summed E-state index contributed by atoms with van der Waals surface area (Å²) >= 11 is 0. The molecule has 1 aliphatic heterocycles. The van der Waals surface area contributed by atoms with Crippen LogP contribution < -0.4 is 5.32 Å². The minimum atomic E-state index is -1.67. The van der Waals surface area contributed by atoms with Gasteiger partial charge in [0, 0.05) is 38.0 Å². The number of nitrogens with zero attached hydrogens (tertiary/aromatic N) is 3. The zero-order valence-corrected chi connectivity index (χ0v) is 16.4. The number of aryl methyl sites for hydroxylation is 2. The van der Waals surface area contributed by atoms with Crippen LogP contribution in [0.2, 0.25) is 0 Å². The van der Waals surface area contributed by atoms with Gasteiger partial charge in [-0.1, -0.05) is 25.1 Å². The monoisotopic (exact) mass is 374 g/mol. The number of urea groups is 1. The van der Waals surface area contributed by atoms with E-state index in [0.717, 1.165) is 16.8 Å². The number of piperidine rings is 1. The van der Waals surface area contributed by atoms with Crippen LogP contribution in [0.5, 0.6) is 0 Å². The second-order valence-corrected chi connectivity index (χ2v) is 7.87. The zero-order chi connectivity index (χ0) is 19.6. The maximum atomic E-state index is 15.3. The molecule has 0 radical (unpaired) electrons. The normalized spacial score (nSPS) is 16.6. The number of hydrogen-bond acceptors (Lipinski definition) is 4. The lowest BCUT2D eigenvalue weighted by Gasteiger charge is -2.34. The van der Waals surface area contributed by atoms with Crippen molar-refractivity contribution >= 4 is 11.7 Å². The lowest BCUT2D eigenvalue weighted by molar-refractivity contribution is 0.0411. The van der Waals surface area contributed by atoms with Crippen molar-refractivity contribution in [3.8, 4) is 0 Å². The third-order valence-electron chi connectivity index (χ3n) is 4.76. The number of nitrogens with one attached hydrogen (secondary N) is 1. The van der Waals surface area contributed by atoms with Crippen molar-refractivity contribution < 1.29 is 13.7 Å². The van der Waals surface area contributed by atoms with Crippen LogP contribution in [0.25, 0.3) is 0 Å². The van der Waals surface area contributed by atoms with Crippen LogP contribution in [0.1, 0.15) is 49.5 Å². The van der Waals surface area contributed by atoms with Crippen LogP contribution in [-0.2, 0) is 12.1 Å². The lowest BCUT2D eigenvalue weighted by atomic mass is 9.93. The topological polar surface area (TPSA) is 71.3 Å². The van der Waals surface area contributed by atoms with Gasteiger partial charge in [0.15, 0.2) is 11.5 Å². The van der Waals surface area contributed by atoms with E-state index in [9.17, 15) is 4.79 Å². The van der Waals surface area contributed by atoms with E-state index < -0.39 is 5.67 Å². The third kappa shape index (κ3) is 4.64. The van der Waals surface area contributed by atoms with Crippen LogP contribution in [-0.4, -0.2) is 34.2 Å². The smallest absolute Gasteiger partial charge is 0.321 e. The minimum Gasteiger partial charge on any atom is -0.336 e. The lowest BCUT2D eigenvalue weighted by Crippen LogP contribution is -2.45. The van der Waals surface area contributed by atoms with Crippen molar-refractivity contribution in [1.29, 1.82) is 0 Å². The molecule has 1 aromatic heterocycles. The van der Waals surface area contributed by atoms with Crippen LogP contribution in [0.3, 0.4) is 0 Å². The SMILES string of the molecule is Cc1cc(C)cc(NC(=O)N2CCC(F)(c3nc(CC(C)C)no3)CC2)c1. The van der Waals surface area contributed by atoms with Crippen molar-refractivity contribution in [3.63, 3.8) is 0 Å². The number of aromatic nitrogens is 2. The molecule has 0 saturated carbocycles. The largest absolute Gasteiger partial charge is 0.336 e. The number of rotatable bonds is 4. The van der Waals surface area contributed by atoms with E-state index in [1.54, 1.807) is 4.90 Å². The Hall–Kier alpha value is -2.44. The van der Waals surface area contributed by atoms with Gasteiger partial charge in [0.05, 0.1) is 0 Å². The van der Waals surface area contributed by atoms with Gasteiger partial charge in [0.25, 0.3) is 5.89 Å². The van der Waals surface area contributed by atoms with E-state index in [4.69, 9.17) is 4.52 Å². The van der Waals surface area contributed by atoms with Gasteiger partial charge in [0.1, 0.15) is 0 Å². The highest BCUT2D eigenvalue weighted by molar-refractivity contribution is 5.89. The summed E-state index contributed by atoms with van der Waals surface area (Å²) in [5.74, 6) is 0.946. The number of benzene rings is 1. The molecule has 27 heavy (non-hydrogen) atoms. The third-order valence-corrected chi connectivity index (χ3v) is 4.76. The first-order valence-corrected chi connectivity index (χ1v) is 9.41. The Morgan fingerprint density at radius 2 is 1.89 bits per heavy atom. The molecule has 1 aromatic carbocycles. The van der Waals surface area contributed by atoms with Gasteiger partial charge in [-0.25, -0.2) is 9.18 Å². The van der Waals surface area contributed by atoms with Gasteiger partial charge in [-0.2, -0.15) is 4.98 Å². The first-order chi connectivity index (χ1) is 12.7. The predicted octanol–water partition coefficient (Wildman–Crippen LogP) is 4.38. The summed E-state index contributed by atoms with van der Waals surface area (Å²) in [5.41, 5.74) is 1.25. The van der Waals surface area contributed by atoms with Crippen LogP contribution in [0.15, 0.2) is 22.7 Å². The summed E-state index contributed by atoms with van der Waals surface area (Å²) in [4.78, 5) is 18.4. The quantitative estimate of drug-likeness (QED) is 0.862. The van der Waals surface area contributed by atoms with Crippen LogP contribution in [0, 0.1) is 19.8 Å². The van der Waals surface area contributed by atoms with Gasteiger partial charge >= 0.3 is 6.03 Å². The maximum Gasteiger partial charge on any atom is 0.321 e. The molecule has 2 aromatic rings. The van der Waals surface area contributed by atoms with Gasteiger partial charge in [-0.15, -0.1) is 0 Å². The number of amides is 2. The number of carbonyl (C=O) groups is 1. The number of likely N-dealkylation sites (tertiary alicyclic amines) is 1. The average molecular weight is 374 g/mol. The molecular weight excluding hydrogens is 347 g/mol. The predicted molar refractivity (Wildman–Crippen MR) is 101 cm³/mol. The minimum absolute atomic E-state index is 0.0347. The second-order valence-electron chi connectivity index (χ2n) is 7.87. The van der Waals surface area contributed by atoms with Crippen molar-refractivity contribution in [2.75, 3.05) is 18.4 Å². The van der Waals surface area contributed by atoms with E-state index in [0.29, 0.717) is 31.3 Å². The maximum absolute atomic E-state index is 15.3. The number of anilines is 1. The Bertz CT molecular complexity index is 790. The van der Waals surface area contributed by atoms with E-state index in [1.165, 1.54) is 0 Å². The zero-order valence-electron chi connectivity index (χ0n) is 16.4. The fourth-order valence-corrected chi connectivity index (χ4v) is 3.41. The molecule has 7 heteroatoms. The molecule has 2 amide bonds. The number of carbonyl (C=O) groups excluding carboxylic acids is 1. The molecule has 0 atom stereocenters. The number of alkyl halides is 1. The van der Waals surface area contributed by atoms with Gasteiger partial charge in [-0.05, 0) is 43.0 Å². The Morgan fingerprint density at radius 3 is 2.48 bits per heavy atom. The molecule has 0 aliphatic carbocycles. The molecule has 1 N–H and O–H groups in total. The highest BCUT2D eigenvalue weighted by Crippen LogP contribution is 2.36. The van der Waals surface area contributed by atoms with Gasteiger partial charge in [0.2, 0.25) is 0 Å². The molecular formula is C20H27FN4O2. The summed E-state index contributed by atoms with van der Waals surface area (Å²) in [6.45, 7) is 8.67. The molecule has 146 valence electrons. The Balaban J connectivity index is 1.60. The summed E-state index contributed by atoms with van der Waals surface area (Å²) in [5, 5.41) is 6.78. The molecule has 2 heterocycles. The van der Waals surface area contributed by atoms with Crippen molar-refractivity contribution in [3.05, 3.63) is 41.0 Å². The van der Waals surface area contributed by atoms with E-state index in [2.05, 4.69) is 15.5 Å². The summed E-state index contributed by atoms with van der Waals surface area (Å²) in [6, 6.07) is 5.67. The van der Waals surface area contributed by atoms with E-state index >= 15 is 4.39 Å². The average Bonchev–Trinajstić information content (AvgIpc) is 3.03. The van der Waals surface area contributed by atoms with E-state index in [-0.39, 0.29) is 24.8 Å². The molecule has 0 unspecified atom stereocenters. The molecule has 0 bridgehead atoms. The number of halogens is 1. The Labute approximate surface area is 159 Å². The van der Waals surface area contributed by atoms with Crippen molar-refractivity contribution in [1.82, 2.24) is 15.0 Å². The second kappa shape index (κ2) is 7.66. The van der Waals surface area contributed by atoms with Gasteiger partial charge < -0.3 is 14.7 Å². The molecule has 3 rings (SSSR count). The van der Waals surface area contributed by atoms with Crippen molar-refractivity contribution in [2.24, 2.45) is 5.92 Å². The van der Waals surface area contributed by atoms with E-state index in [1.807, 2.05) is 45.9 Å². The van der Waals surface area contributed by atoms with Crippen LogP contribution in [0.4, 0.5) is 14.9 Å². The fourth-order valence-electron chi connectivity index (χ4n) is 3.41. The Kier molecular flexibility index (Phi) is 5.48. The molecule has 0 spiro atoms. The number of hydrogen-bond donors (Lipinski definition) is 1. The summed E-state index contributed by atoms with van der Waals surface area (Å²) in [7, 11) is 0. The first kappa shape index (κ1) is 19.3. The molecule has 6 nitrogen and oxygen atoms in total. The highest BCUT2D eigenvalue weighted by Gasteiger charge is 2.42. The molecule has 1 aliphatic rings. The molecule has 1 saturated heterocycles. The van der Waals surface area contributed by atoms with Gasteiger partial charge in [-0.3, -0.25) is 0 Å². The summed E-state index contributed by atoms with van der Waals surface area (Å²) in [6.07, 6.45) is 0.956. The fraction of sp³-hybridized carbons (Fsp3) is 0.550. The first-order valence-electron chi connectivity index (χ1n) is 9.41. The van der Waals surface area contributed by atoms with Crippen LogP contribution >= 0.6 is 0 Å². The standard InChI is InChI=1S/C20H27FN4O2/c1-13(2)9-17-23-18(27-24-17)20(21)5-7-25(8-6-20)19(26)22-16-11-14(3)10-15(4)12-16/h10-13H,5-9H2,1-4H3,(H,22,26). The highest BCUT2D eigenvalue weighted by atomic mass is 19.1. The molecule has 1 fully saturated rings.